The number of halogens is 1. The summed E-state index contributed by atoms with van der Waals surface area (Å²) in [5.41, 5.74) is 8.13. The van der Waals surface area contributed by atoms with Gasteiger partial charge in [-0.2, -0.15) is 4.31 Å². The standard InChI is InChI=1S/C25H28ClN7O3S/c1-15(2)28-10-19-12-32(37(35,36)23-8-17-4-5-18(26)9-21(17)31-23)13-24(34)33(19)11-16-3-6-20-22(7-16)29-14-30-25(20)27/h3-9,14-15,19,28,31H,10-13H2,1-2H3,(H2,27,29,30)/t19-/m0/s1. The molecule has 5 rings (SSSR count). The molecule has 194 valence electrons. The van der Waals surface area contributed by atoms with Crippen LogP contribution in [0, 0.1) is 0 Å². The first kappa shape index (κ1) is 25.4. The molecule has 1 aliphatic heterocycles. The highest BCUT2D eigenvalue weighted by atomic mass is 35.5. The zero-order valence-electron chi connectivity index (χ0n) is 20.5. The fourth-order valence-electron chi connectivity index (χ4n) is 4.56. The van der Waals surface area contributed by atoms with Crippen LogP contribution in [0.15, 0.2) is 53.8 Å². The second kappa shape index (κ2) is 9.90. The molecule has 37 heavy (non-hydrogen) atoms. The summed E-state index contributed by atoms with van der Waals surface area (Å²) in [6.45, 7) is 4.69. The quantitative estimate of drug-likeness (QED) is 0.327. The molecule has 4 N–H and O–H groups in total. The Balaban J connectivity index is 1.42. The lowest BCUT2D eigenvalue weighted by molar-refractivity contribution is -0.138. The minimum atomic E-state index is -3.94. The average molecular weight is 542 g/mol. The number of carbonyl (C=O) groups is 1. The monoisotopic (exact) mass is 541 g/mol. The number of aromatic amines is 1. The van der Waals surface area contributed by atoms with Crippen molar-refractivity contribution in [2.45, 2.75) is 37.5 Å². The molecule has 2 aromatic carbocycles. The number of amides is 1. The lowest BCUT2D eigenvalue weighted by atomic mass is 10.1. The third-order valence-electron chi connectivity index (χ3n) is 6.51. The Hall–Kier alpha value is -3.25. The number of rotatable bonds is 7. The Morgan fingerprint density at radius 3 is 2.78 bits per heavy atom. The van der Waals surface area contributed by atoms with E-state index in [-0.39, 0.29) is 36.1 Å². The fourth-order valence-corrected chi connectivity index (χ4v) is 6.17. The molecule has 12 heteroatoms. The van der Waals surface area contributed by atoms with Gasteiger partial charge in [-0.25, -0.2) is 18.4 Å². The van der Waals surface area contributed by atoms with E-state index in [1.54, 1.807) is 29.2 Å². The number of piperazine rings is 1. The van der Waals surface area contributed by atoms with Crippen molar-refractivity contribution in [2.24, 2.45) is 0 Å². The molecule has 1 amide bonds. The van der Waals surface area contributed by atoms with Crippen molar-refractivity contribution in [3.05, 3.63) is 59.4 Å². The maximum Gasteiger partial charge on any atom is 0.259 e. The van der Waals surface area contributed by atoms with Gasteiger partial charge in [-0.3, -0.25) is 4.79 Å². The molecule has 2 aromatic heterocycles. The largest absolute Gasteiger partial charge is 0.383 e. The van der Waals surface area contributed by atoms with Gasteiger partial charge in [0.15, 0.2) is 0 Å². The van der Waals surface area contributed by atoms with Crippen LogP contribution in [0.3, 0.4) is 0 Å². The van der Waals surface area contributed by atoms with Gasteiger partial charge in [-0.1, -0.05) is 37.6 Å². The zero-order chi connectivity index (χ0) is 26.3. The van der Waals surface area contributed by atoms with E-state index in [2.05, 4.69) is 20.3 Å². The van der Waals surface area contributed by atoms with Crippen LogP contribution in [0.5, 0.6) is 0 Å². The number of nitrogens with two attached hydrogens (primary N) is 1. The van der Waals surface area contributed by atoms with Gasteiger partial charge in [0, 0.05) is 47.0 Å². The van der Waals surface area contributed by atoms with Crippen LogP contribution in [0.2, 0.25) is 5.02 Å². The number of hydrogen-bond acceptors (Lipinski definition) is 7. The number of benzene rings is 2. The van der Waals surface area contributed by atoms with Gasteiger partial charge in [0.25, 0.3) is 10.0 Å². The minimum absolute atomic E-state index is 0.0355. The van der Waals surface area contributed by atoms with Gasteiger partial charge in [-0.05, 0) is 35.9 Å². The van der Waals surface area contributed by atoms with E-state index in [9.17, 15) is 13.2 Å². The summed E-state index contributed by atoms with van der Waals surface area (Å²) in [6.07, 6.45) is 1.41. The lowest BCUT2D eigenvalue weighted by Gasteiger charge is -2.40. The maximum absolute atomic E-state index is 13.6. The maximum atomic E-state index is 13.6. The Bertz CT molecular complexity index is 1590. The van der Waals surface area contributed by atoms with Crippen LogP contribution in [0.4, 0.5) is 5.82 Å². The van der Waals surface area contributed by atoms with Crippen molar-refractivity contribution in [2.75, 3.05) is 25.4 Å². The van der Waals surface area contributed by atoms with Crippen molar-refractivity contribution < 1.29 is 13.2 Å². The molecule has 1 fully saturated rings. The summed E-state index contributed by atoms with van der Waals surface area (Å²) in [4.78, 5) is 26.4. The molecule has 0 radical (unpaired) electrons. The summed E-state index contributed by atoms with van der Waals surface area (Å²) in [5.74, 6) is 0.122. The molecular formula is C25H28ClN7O3S. The topological polar surface area (TPSA) is 137 Å². The number of nitrogens with zero attached hydrogens (tertiary/aromatic N) is 4. The SMILES string of the molecule is CC(C)NC[C@H]1CN(S(=O)(=O)c2cc3ccc(Cl)cc3[nH]2)CC(=O)N1Cc1ccc2c(N)ncnc2c1. The smallest absolute Gasteiger partial charge is 0.259 e. The molecule has 1 saturated heterocycles. The molecular weight excluding hydrogens is 514 g/mol. The number of hydrogen-bond donors (Lipinski definition) is 3. The predicted molar refractivity (Wildman–Crippen MR) is 143 cm³/mol. The number of sulfonamides is 1. The second-order valence-electron chi connectivity index (χ2n) is 9.51. The van der Waals surface area contributed by atoms with E-state index < -0.39 is 10.0 Å². The molecule has 1 aliphatic rings. The Morgan fingerprint density at radius 2 is 2.00 bits per heavy atom. The second-order valence-corrected chi connectivity index (χ2v) is 11.9. The van der Waals surface area contributed by atoms with E-state index in [0.717, 1.165) is 16.3 Å². The Morgan fingerprint density at radius 1 is 1.19 bits per heavy atom. The van der Waals surface area contributed by atoms with Crippen molar-refractivity contribution >= 4 is 55.2 Å². The highest BCUT2D eigenvalue weighted by Gasteiger charge is 2.39. The predicted octanol–water partition coefficient (Wildman–Crippen LogP) is 2.75. The van der Waals surface area contributed by atoms with E-state index in [1.807, 2.05) is 32.0 Å². The van der Waals surface area contributed by atoms with Crippen molar-refractivity contribution in [1.82, 2.24) is 29.5 Å². The van der Waals surface area contributed by atoms with E-state index in [4.69, 9.17) is 17.3 Å². The molecule has 0 aliphatic carbocycles. The summed E-state index contributed by atoms with van der Waals surface area (Å²) < 4.78 is 28.4. The van der Waals surface area contributed by atoms with Crippen LogP contribution < -0.4 is 11.1 Å². The molecule has 0 unspecified atom stereocenters. The Labute approximate surface area is 219 Å². The molecule has 1 atom stereocenters. The molecule has 0 saturated carbocycles. The molecule has 3 heterocycles. The normalized spacial score (nSPS) is 17.4. The van der Waals surface area contributed by atoms with Crippen molar-refractivity contribution in [1.29, 1.82) is 0 Å². The third-order valence-corrected chi connectivity index (χ3v) is 8.48. The summed E-state index contributed by atoms with van der Waals surface area (Å²) >= 11 is 6.06. The number of nitrogen functional groups attached to an aromatic ring is 1. The van der Waals surface area contributed by atoms with Crippen LogP contribution in [0.25, 0.3) is 21.8 Å². The van der Waals surface area contributed by atoms with Gasteiger partial charge in [-0.15, -0.1) is 0 Å². The number of carbonyl (C=O) groups excluding carboxylic acids is 1. The molecule has 4 aromatic rings. The number of H-pyrrole nitrogens is 1. The summed E-state index contributed by atoms with van der Waals surface area (Å²) in [6, 6.07) is 12.1. The number of nitrogens with one attached hydrogen (secondary N) is 2. The van der Waals surface area contributed by atoms with E-state index in [1.165, 1.54) is 10.6 Å². The van der Waals surface area contributed by atoms with Gasteiger partial charge in [0.2, 0.25) is 5.91 Å². The third kappa shape index (κ3) is 5.12. The van der Waals surface area contributed by atoms with Gasteiger partial charge < -0.3 is 20.9 Å². The van der Waals surface area contributed by atoms with Gasteiger partial charge in [0.05, 0.1) is 18.1 Å². The lowest BCUT2D eigenvalue weighted by Crippen LogP contribution is -2.60. The fraction of sp³-hybridized carbons (Fsp3) is 0.320. The first-order valence-electron chi connectivity index (χ1n) is 11.9. The van der Waals surface area contributed by atoms with Gasteiger partial charge >= 0.3 is 0 Å². The first-order chi connectivity index (χ1) is 17.6. The Kier molecular flexibility index (Phi) is 6.80. The summed E-state index contributed by atoms with van der Waals surface area (Å²) in [7, 11) is -3.94. The van der Waals surface area contributed by atoms with E-state index in [0.29, 0.717) is 35.0 Å². The van der Waals surface area contributed by atoms with Crippen LogP contribution in [-0.4, -0.2) is 70.2 Å². The van der Waals surface area contributed by atoms with E-state index >= 15 is 0 Å². The summed E-state index contributed by atoms with van der Waals surface area (Å²) in [5, 5.41) is 5.36. The first-order valence-corrected chi connectivity index (χ1v) is 13.7. The number of fused-ring (bicyclic) bond motifs is 2. The minimum Gasteiger partial charge on any atom is -0.383 e. The molecule has 10 nitrogen and oxygen atoms in total. The average Bonchev–Trinajstić information content (AvgIpc) is 3.28. The van der Waals surface area contributed by atoms with Gasteiger partial charge in [0.1, 0.15) is 17.2 Å². The van der Waals surface area contributed by atoms with Crippen molar-refractivity contribution in [3.8, 4) is 0 Å². The number of aromatic nitrogens is 3. The highest BCUT2D eigenvalue weighted by Crippen LogP contribution is 2.27. The molecule has 0 bridgehead atoms. The van der Waals surface area contributed by atoms with Crippen LogP contribution in [-0.2, 0) is 21.4 Å². The highest BCUT2D eigenvalue weighted by molar-refractivity contribution is 7.89. The number of anilines is 1. The zero-order valence-corrected chi connectivity index (χ0v) is 22.1. The van der Waals surface area contributed by atoms with Crippen LogP contribution >= 0.6 is 11.6 Å². The van der Waals surface area contributed by atoms with Crippen molar-refractivity contribution in [3.63, 3.8) is 0 Å². The van der Waals surface area contributed by atoms with Crippen LogP contribution in [0.1, 0.15) is 19.4 Å². The molecule has 0 spiro atoms.